The monoisotopic (exact) mass is 307 g/mol. The van der Waals surface area contributed by atoms with Crippen LogP contribution in [0.3, 0.4) is 0 Å². The van der Waals surface area contributed by atoms with Gasteiger partial charge in [-0.05, 0) is 31.2 Å². The van der Waals surface area contributed by atoms with Crippen LogP contribution in [-0.4, -0.2) is 15.3 Å². The van der Waals surface area contributed by atoms with Gasteiger partial charge in [0.1, 0.15) is 5.56 Å². The summed E-state index contributed by atoms with van der Waals surface area (Å²) in [4.78, 5) is 25.2. The Bertz CT molecular complexity index is 893. The maximum Gasteiger partial charge on any atom is 0.284 e. The Kier molecular flexibility index (Phi) is 3.85. The highest BCUT2D eigenvalue weighted by Gasteiger charge is 2.22. The Hall–Kier alpha value is -3.08. The molecule has 0 atom stereocenters. The van der Waals surface area contributed by atoms with Crippen LogP contribution >= 0.6 is 0 Å². The summed E-state index contributed by atoms with van der Waals surface area (Å²) in [6, 6.07) is 18.4. The van der Waals surface area contributed by atoms with E-state index in [4.69, 9.17) is 0 Å². The molecule has 0 bridgehead atoms. The molecular weight excluding hydrogens is 290 g/mol. The minimum atomic E-state index is -0.399. The number of para-hydroxylation sites is 2. The van der Waals surface area contributed by atoms with E-state index < -0.39 is 5.91 Å². The van der Waals surface area contributed by atoms with Crippen molar-refractivity contribution >= 4 is 11.6 Å². The van der Waals surface area contributed by atoms with Gasteiger partial charge in [0.15, 0.2) is 0 Å². The van der Waals surface area contributed by atoms with Crippen molar-refractivity contribution in [1.29, 1.82) is 0 Å². The van der Waals surface area contributed by atoms with E-state index >= 15 is 0 Å². The van der Waals surface area contributed by atoms with Crippen molar-refractivity contribution in [1.82, 2.24) is 9.36 Å². The Morgan fingerprint density at radius 2 is 1.52 bits per heavy atom. The second-order valence-electron chi connectivity index (χ2n) is 5.26. The minimum absolute atomic E-state index is 0.153. The fourth-order valence-electron chi connectivity index (χ4n) is 2.54. The van der Waals surface area contributed by atoms with Crippen LogP contribution in [0.25, 0.3) is 5.69 Å². The summed E-state index contributed by atoms with van der Waals surface area (Å²) in [5.41, 5.74) is 1.82. The maximum atomic E-state index is 12.7. The lowest BCUT2D eigenvalue weighted by Crippen LogP contribution is -2.25. The quantitative estimate of drug-likeness (QED) is 0.809. The van der Waals surface area contributed by atoms with E-state index in [0.717, 1.165) is 5.69 Å². The Morgan fingerprint density at radius 1 is 0.957 bits per heavy atom. The molecule has 5 heteroatoms. The molecule has 0 spiro atoms. The van der Waals surface area contributed by atoms with Crippen LogP contribution in [0, 0.1) is 6.92 Å². The Morgan fingerprint density at radius 3 is 2.13 bits per heavy atom. The van der Waals surface area contributed by atoms with Crippen LogP contribution in [0.15, 0.2) is 65.5 Å². The summed E-state index contributed by atoms with van der Waals surface area (Å²) in [5, 5.41) is 2.77. The molecular formula is C18H17N3O2. The molecule has 2 aromatic carbocycles. The first kappa shape index (κ1) is 14.8. The maximum absolute atomic E-state index is 12.7. The largest absolute Gasteiger partial charge is 0.322 e. The van der Waals surface area contributed by atoms with Gasteiger partial charge in [-0.25, -0.2) is 4.68 Å². The van der Waals surface area contributed by atoms with Crippen molar-refractivity contribution < 1.29 is 4.79 Å². The van der Waals surface area contributed by atoms with E-state index in [9.17, 15) is 9.59 Å². The number of carbonyl (C=O) groups is 1. The van der Waals surface area contributed by atoms with Crippen molar-refractivity contribution in [3.8, 4) is 5.69 Å². The Balaban J connectivity index is 2.04. The molecule has 0 aliphatic carbocycles. The summed E-state index contributed by atoms with van der Waals surface area (Å²) in [7, 11) is 1.77. The fourth-order valence-corrected chi connectivity index (χ4v) is 2.54. The topological polar surface area (TPSA) is 56.0 Å². The van der Waals surface area contributed by atoms with Gasteiger partial charge in [-0.2, -0.15) is 0 Å². The van der Waals surface area contributed by atoms with E-state index in [2.05, 4.69) is 5.32 Å². The van der Waals surface area contributed by atoms with Gasteiger partial charge in [0, 0.05) is 12.7 Å². The van der Waals surface area contributed by atoms with E-state index in [0.29, 0.717) is 11.4 Å². The number of benzene rings is 2. The molecule has 116 valence electrons. The molecule has 0 unspecified atom stereocenters. The third-order valence-corrected chi connectivity index (χ3v) is 3.81. The number of rotatable bonds is 3. The first-order valence-electron chi connectivity index (χ1n) is 7.30. The number of nitrogens with one attached hydrogen (secondary N) is 1. The van der Waals surface area contributed by atoms with Crippen molar-refractivity contribution in [3.05, 3.63) is 82.3 Å². The third-order valence-electron chi connectivity index (χ3n) is 3.81. The van der Waals surface area contributed by atoms with E-state index in [1.54, 1.807) is 30.8 Å². The van der Waals surface area contributed by atoms with Crippen molar-refractivity contribution in [3.63, 3.8) is 0 Å². The van der Waals surface area contributed by atoms with Gasteiger partial charge in [-0.3, -0.25) is 14.3 Å². The van der Waals surface area contributed by atoms with E-state index in [1.165, 1.54) is 4.68 Å². The van der Waals surface area contributed by atoms with Crippen molar-refractivity contribution in [2.45, 2.75) is 6.92 Å². The number of nitrogens with zero attached hydrogens (tertiary/aromatic N) is 2. The smallest absolute Gasteiger partial charge is 0.284 e. The summed E-state index contributed by atoms with van der Waals surface area (Å²) >= 11 is 0. The van der Waals surface area contributed by atoms with E-state index in [-0.39, 0.29) is 11.1 Å². The molecule has 0 aliphatic heterocycles. The molecule has 0 aliphatic rings. The molecule has 0 fully saturated rings. The number of anilines is 1. The third kappa shape index (κ3) is 2.68. The molecule has 1 heterocycles. The second kappa shape index (κ2) is 5.96. The lowest BCUT2D eigenvalue weighted by Gasteiger charge is -2.07. The van der Waals surface area contributed by atoms with Gasteiger partial charge >= 0.3 is 0 Å². The number of carbonyl (C=O) groups excluding carboxylic acids is 1. The standard InChI is InChI=1S/C18H17N3O2/c1-13-16(17(22)19-14-9-5-3-6-10-14)18(23)21(20(13)2)15-11-7-4-8-12-15/h3-12H,1-2H3,(H,19,22). The number of hydrogen-bond donors (Lipinski definition) is 1. The van der Waals surface area contributed by atoms with Crippen LogP contribution in [-0.2, 0) is 7.05 Å². The zero-order chi connectivity index (χ0) is 16.4. The summed E-state index contributed by atoms with van der Waals surface area (Å²) < 4.78 is 3.19. The number of hydrogen-bond acceptors (Lipinski definition) is 2. The lowest BCUT2D eigenvalue weighted by molar-refractivity contribution is 0.102. The SMILES string of the molecule is Cc1c(C(=O)Nc2ccccc2)c(=O)n(-c2ccccc2)n1C. The molecule has 3 rings (SSSR count). The number of aromatic nitrogens is 2. The Labute approximate surface area is 133 Å². The molecule has 1 aromatic heterocycles. The van der Waals surface area contributed by atoms with Gasteiger partial charge in [-0.15, -0.1) is 0 Å². The normalized spacial score (nSPS) is 10.5. The van der Waals surface area contributed by atoms with Gasteiger partial charge < -0.3 is 5.32 Å². The van der Waals surface area contributed by atoms with Crippen molar-refractivity contribution in [2.24, 2.45) is 7.05 Å². The highest BCUT2D eigenvalue weighted by Crippen LogP contribution is 2.12. The molecule has 0 saturated heterocycles. The summed E-state index contributed by atoms with van der Waals surface area (Å²) in [6.45, 7) is 1.76. The predicted molar refractivity (Wildman–Crippen MR) is 90.1 cm³/mol. The average molecular weight is 307 g/mol. The molecule has 1 amide bonds. The number of amides is 1. The van der Waals surface area contributed by atoms with Gasteiger partial charge in [-0.1, -0.05) is 36.4 Å². The predicted octanol–water partition coefficient (Wildman–Crippen LogP) is 2.74. The van der Waals surface area contributed by atoms with Crippen LogP contribution in [0.1, 0.15) is 16.1 Å². The van der Waals surface area contributed by atoms with Gasteiger partial charge in [0.2, 0.25) is 0 Å². The van der Waals surface area contributed by atoms with Gasteiger partial charge in [0.05, 0.1) is 11.4 Å². The minimum Gasteiger partial charge on any atom is -0.322 e. The highest BCUT2D eigenvalue weighted by molar-refractivity contribution is 6.04. The molecule has 1 N–H and O–H groups in total. The zero-order valence-electron chi connectivity index (χ0n) is 13.0. The molecule has 0 saturated carbocycles. The average Bonchev–Trinajstić information content (AvgIpc) is 2.79. The van der Waals surface area contributed by atoms with E-state index in [1.807, 2.05) is 48.5 Å². The van der Waals surface area contributed by atoms with Gasteiger partial charge in [0.25, 0.3) is 11.5 Å². The molecule has 0 radical (unpaired) electrons. The fraction of sp³-hybridized carbons (Fsp3) is 0.111. The molecule has 5 nitrogen and oxygen atoms in total. The lowest BCUT2D eigenvalue weighted by atomic mass is 10.2. The van der Waals surface area contributed by atoms with Crippen LogP contribution in [0.2, 0.25) is 0 Å². The summed E-state index contributed by atoms with van der Waals surface area (Å²) in [6.07, 6.45) is 0. The summed E-state index contributed by atoms with van der Waals surface area (Å²) in [5.74, 6) is -0.399. The first-order valence-corrected chi connectivity index (χ1v) is 7.30. The first-order chi connectivity index (χ1) is 11.1. The highest BCUT2D eigenvalue weighted by atomic mass is 16.2. The second-order valence-corrected chi connectivity index (χ2v) is 5.26. The molecule has 23 heavy (non-hydrogen) atoms. The van der Waals surface area contributed by atoms with Crippen molar-refractivity contribution in [2.75, 3.05) is 5.32 Å². The van der Waals surface area contributed by atoms with Crippen LogP contribution < -0.4 is 10.9 Å². The van der Waals surface area contributed by atoms with Crippen LogP contribution in [0.4, 0.5) is 5.69 Å². The van der Waals surface area contributed by atoms with Crippen LogP contribution in [0.5, 0.6) is 0 Å². The molecule has 3 aromatic rings. The zero-order valence-corrected chi connectivity index (χ0v) is 13.0.